The molecule has 0 spiro atoms. The number of carbonyl (C=O) groups is 3. The number of hydrogen-bond acceptors (Lipinski definition) is 5. The number of aromatic amines is 1. The van der Waals surface area contributed by atoms with Crippen LogP contribution in [0.5, 0.6) is 0 Å². The van der Waals surface area contributed by atoms with Crippen molar-refractivity contribution in [1.82, 2.24) is 10.3 Å². The Hall–Kier alpha value is -3.04. The van der Waals surface area contributed by atoms with Crippen molar-refractivity contribution in [2.45, 2.75) is 32.5 Å². The fraction of sp³-hybridized carbons (Fsp3) is 0.389. The molecule has 0 aliphatic heterocycles. The predicted octanol–water partition coefficient (Wildman–Crippen LogP) is 2.34. The lowest BCUT2D eigenvalue weighted by atomic mass is 10.1. The van der Waals surface area contributed by atoms with Gasteiger partial charge in [-0.05, 0) is 31.5 Å². The lowest BCUT2D eigenvalue weighted by Gasteiger charge is -2.15. The summed E-state index contributed by atoms with van der Waals surface area (Å²) in [5, 5.41) is 2.67. The molecule has 0 aliphatic carbocycles. The average molecular weight is 400 g/mol. The summed E-state index contributed by atoms with van der Waals surface area (Å²) >= 11 is 0. The Morgan fingerprint density at radius 3 is 2.25 bits per heavy atom. The van der Waals surface area contributed by atoms with Crippen LogP contribution in [0.25, 0.3) is 10.9 Å². The van der Waals surface area contributed by atoms with Gasteiger partial charge in [0.05, 0.1) is 25.2 Å². The van der Waals surface area contributed by atoms with Crippen LogP contribution in [0.15, 0.2) is 24.4 Å². The van der Waals surface area contributed by atoms with Crippen molar-refractivity contribution in [2.75, 3.05) is 13.2 Å². The zero-order chi connectivity index (χ0) is 20.9. The molecule has 0 saturated carbocycles. The predicted molar refractivity (Wildman–Crippen MR) is 92.2 cm³/mol. The molecule has 1 amide bonds. The highest BCUT2D eigenvalue weighted by molar-refractivity contribution is 6.03. The highest BCUT2D eigenvalue weighted by Crippen LogP contribution is 2.32. The van der Waals surface area contributed by atoms with Gasteiger partial charge in [-0.2, -0.15) is 13.2 Å². The molecule has 2 rings (SSSR count). The minimum atomic E-state index is -4.48. The molecule has 1 aromatic heterocycles. The van der Waals surface area contributed by atoms with E-state index in [1.54, 1.807) is 13.8 Å². The topological polar surface area (TPSA) is 97.5 Å². The van der Waals surface area contributed by atoms with Gasteiger partial charge in [0.2, 0.25) is 11.9 Å². The number of alkyl halides is 3. The number of esters is 2. The summed E-state index contributed by atoms with van der Waals surface area (Å²) in [6, 6.07) is 1.49. The van der Waals surface area contributed by atoms with Gasteiger partial charge in [0.15, 0.2) is 0 Å². The summed E-state index contributed by atoms with van der Waals surface area (Å²) in [5.74, 6) is -2.60. The molecular formula is C18H19F3N2O5. The standard InChI is InChI=1S/C18H19F3N2O5/c1-3-27-16(25)15(17(26)28-4-2)23-14(24)7-10-9-22-13-8-11(18(19,20)21)5-6-12(10)13/h5-6,8-9,15,22H,3-4,7H2,1-2H3,(H,23,24). The Morgan fingerprint density at radius 1 is 1.11 bits per heavy atom. The quantitative estimate of drug-likeness (QED) is 0.549. The molecule has 0 atom stereocenters. The third-order valence-corrected chi connectivity index (χ3v) is 3.80. The monoisotopic (exact) mass is 400 g/mol. The molecule has 0 bridgehead atoms. The number of carbonyl (C=O) groups excluding carboxylic acids is 3. The number of nitrogens with one attached hydrogen (secondary N) is 2. The van der Waals surface area contributed by atoms with E-state index in [0.717, 1.165) is 12.1 Å². The van der Waals surface area contributed by atoms with Crippen LogP contribution in [0.2, 0.25) is 0 Å². The molecule has 28 heavy (non-hydrogen) atoms. The van der Waals surface area contributed by atoms with E-state index in [1.807, 2.05) is 0 Å². The third kappa shape index (κ3) is 5.02. The number of aromatic nitrogens is 1. The smallest absolute Gasteiger partial charge is 0.416 e. The van der Waals surface area contributed by atoms with E-state index in [4.69, 9.17) is 9.47 Å². The summed E-state index contributed by atoms with van der Waals surface area (Å²) < 4.78 is 47.9. The molecule has 10 heteroatoms. The zero-order valence-electron chi connectivity index (χ0n) is 15.2. The van der Waals surface area contributed by atoms with Crippen molar-refractivity contribution in [3.05, 3.63) is 35.5 Å². The van der Waals surface area contributed by atoms with Crippen molar-refractivity contribution >= 4 is 28.7 Å². The van der Waals surface area contributed by atoms with Gasteiger partial charge >= 0.3 is 18.1 Å². The van der Waals surface area contributed by atoms with E-state index >= 15 is 0 Å². The van der Waals surface area contributed by atoms with Crippen LogP contribution in [0.3, 0.4) is 0 Å². The van der Waals surface area contributed by atoms with Crippen molar-refractivity contribution in [2.24, 2.45) is 0 Å². The van der Waals surface area contributed by atoms with Gasteiger partial charge in [-0.25, -0.2) is 9.59 Å². The second-order valence-corrected chi connectivity index (χ2v) is 5.75. The fourth-order valence-electron chi connectivity index (χ4n) is 2.56. The van der Waals surface area contributed by atoms with Gasteiger partial charge in [-0.15, -0.1) is 0 Å². The molecule has 0 fully saturated rings. The van der Waals surface area contributed by atoms with Crippen LogP contribution in [-0.2, 0) is 36.5 Å². The number of benzene rings is 1. The SMILES string of the molecule is CCOC(=O)C(NC(=O)Cc1c[nH]c2cc(C(F)(F)F)ccc12)C(=O)OCC. The first-order chi connectivity index (χ1) is 13.2. The third-order valence-electron chi connectivity index (χ3n) is 3.80. The molecule has 1 heterocycles. The van der Waals surface area contributed by atoms with E-state index < -0.39 is 35.6 Å². The molecule has 1 aromatic carbocycles. The number of halogens is 3. The van der Waals surface area contributed by atoms with Crippen LogP contribution in [-0.4, -0.2) is 42.1 Å². The molecule has 2 N–H and O–H groups in total. The van der Waals surface area contributed by atoms with Gasteiger partial charge in [-0.3, -0.25) is 4.79 Å². The molecule has 0 radical (unpaired) electrons. The van der Waals surface area contributed by atoms with E-state index in [0.29, 0.717) is 10.9 Å². The number of rotatable bonds is 7. The maximum atomic E-state index is 12.8. The molecule has 152 valence electrons. The van der Waals surface area contributed by atoms with Gasteiger partial charge in [0.1, 0.15) is 0 Å². The number of ether oxygens (including phenoxy) is 2. The van der Waals surface area contributed by atoms with Crippen LogP contribution in [0.4, 0.5) is 13.2 Å². The highest BCUT2D eigenvalue weighted by atomic mass is 19.4. The summed E-state index contributed by atoms with van der Waals surface area (Å²) in [7, 11) is 0. The zero-order valence-corrected chi connectivity index (χ0v) is 15.2. The lowest BCUT2D eigenvalue weighted by Crippen LogP contribution is -2.48. The maximum absolute atomic E-state index is 12.8. The second kappa shape index (κ2) is 8.77. The number of fused-ring (bicyclic) bond motifs is 1. The van der Waals surface area contributed by atoms with Crippen LogP contribution in [0.1, 0.15) is 25.0 Å². The van der Waals surface area contributed by atoms with Gasteiger partial charge in [-0.1, -0.05) is 6.07 Å². The fourth-order valence-corrected chi connectivity index (χ4v) is 2.56. The lowest BCUT2D eigenvalue weighted by molar-refractivity contribution is -0.159. The first-order valence-corrected chi connectivity index (χ1v) is 8.47. The normalized spacial score (nSPS) is 11.5. The molecule has 0 unspecified atom stereocenters. The van der Waals surface area contributed by atoms with Gasteiger partial charge < -0.3 is 19.8 Å². The van der Waals surface area contributed by atoms with Crippen molar-refractivity contribution < 1.29 is 37.0 Å². The Balaban J connectivity index is 2.16. The van der Waals surface area contributed by atoms with Crippen molar-refractivity contribution in [1.29, 1.82) is 0 Å². The molecule has 7 nitrogen and oxygen atoms in total. The van der Waals surface area contributed by atoms with Crippen LogP contribution in [0, 0.1) is 0 Å². The molecule has 0 aliphatic rings. The largest absolute Gasteiger partial charge is 0.464 e. The van der Waals surface area contributed by atoms with Crippen LogP contribution >= 0.6 is 0 Å². The summed E-state index contributed by atoms with van der Waals surface area (Å²) in [6.45, 7) is 3.11. The summed E-state index contributed by atoms with van der Waals surface area (Å²) in [5.41, 5.74) is -0.194. The minimum Gasteiger partial charge on any atom is -0.464 e. The van der Waals surface area contributed by atoms with Crippen molar-refractivity contribution in [3.8, 4) is 0 Å². The first-order valence-electron chi connectivity index (χ1n) is 8.47. The first kappa shape index (κ1) is 21.3. The average Bonchev–Trinajstić information content (AvgIpc) is 3.01. The molecule has 2 aromatic rings. The Kier molecular flexibility index (Phi) is 6.66. The second-order valence-electron chi connectivity index (χ2n) is 5.75. The molecular weight excluding hydrogens is 381 g/mol. The Labute approximate surface area is 158 Å². The number of amides is 1. The maximum Gasteiger partial charge on any atom is 0.416 e. The summed E-state index contributed by atoms with van der Waals surface area (Å²) in [6.07, 6.45) is -3.35. The van der Waals surface area contributed by atoms with E-state index in [-0.39, 0.29) is 25.2 Å². The summed E-state index contributed by atoms with van der Waals surface area (Å²) in [4.78, 5) is 38.8. The Bertz CT molecular complexity index is 858. The number of hydrogen-bond donors (Lipinski definition) is 2. The van der Waals surface area contributed by atoms with Gasteiger partial charge in [0, 0.05) is 17.1 Å². The molecule has 0 saturated heterocycles. The van der Waals surface area contributed by atoms with E-state index in [9.17, 15) is 27.6 Å². The Morgan fingerprint density at radius 2 is 1.71 bits per heavy atom. The minimum absolute atomic E-state index is 0.00853. The number of H-pyrrole nitrogens is 1. The highest BCUT2D eigenvalue weighted by Gasteiger charge is 2.32. The van der Waals surface area contributed by atoms with E-state index in [1.165, 1.54) is 12.3 Å². The van der Waals surface area contributed by atoms with E-state index in [2.05, 4.69) is 10.3 Å². The van der Waals surface area contributed by atoms with Crippen molar-refractivity contribution in [3.63, 3.8) is 0 Å². The van der Waals surface area contributed by atoms with Crippen LogP contribution < -0.4 is 5.32 Å². The van der Waals surface area contributed by atoms with Gasteiger partial charge in [0.25, 0.3) is 0 Å².